The number of fused-ring (bicyclic) bond motifs is 1. The average Bonchev–Trinajstić information content (AvgIpc) is 2.91. The quantitative estimate of drug-likeness (QED) is 0.642. The number of hydrogen-bond acceptors (Lipinski definition) is 2. The van der Waals surface area contributed by atoms with Gasteiger partial charge >= 0.3 is 0 Å². The van der Waals surface area contributed by atoms with Gasteiger partial charge in [-0.1, -0.05) is 29.8 Å². The van der Waals surface area contributed by atoms with E-state index in [1.165, 1.54) is 0 Å². The van der Waals surface area contributed by atoms with E-state index in [4.69, 9.17) is 16.3 Å². The predicted octanol–water partition coefficient (Wildman–Crippen LogP) is 5.34. The molecule has 5 heteroatoms. The molecule has 24 heavy (non-hydrogen) atoms. The number of aliphatic hydroxyl groups excluding tert-OH is 1. The molecule has 0 aliphatic heterocycles. The molecule has 1 unspecified atom stereocenters. The largest absolute Gasteiger partial charge is 0.457 e. The molecule has 0 fully saturated rings. The monoisotopic (exact) mass is 363 g/mol. The van der Waals surface area contributed by atoms with Crippen molar-refractivity contribution in [3.8, 4) is 11.5 Å². The molecule has 2 aromatic carbocycles. The van der Waals surface area contributed by atoms with Crippen molar-refractivity contribution in [3.05, 3.63) is 59.2 Å². The lowest BCUT2D eigenvalue weighted by Crippen LogP contribution is -2.09. The fourth-order valence-electron chi connectivity index (χ4n) is 2.64. The van der Waals surface area contributed by atoms with Crippen LogP contribution < -0.4 is 4.74 Å². The van der Waals surface area contributed by atoms with E-state index in [2.05, 4.69) is 23.8 Å². The maximum Gasteiger partial charge on any atom is 0.138 e. The molecule has 1 aromatic heterocycles. The summed E-state index contributed by atoms with van der Waals surface area (Å²) in [6, 6.07) is 15.2. The minimum absolute atomic E-state index is 0.518. The Labute approximate surface area is 148 Å². The Hall–Kier alpha value is -1.62. The van der Waals surface area contributed by atoms with Gasteiger partial charge in [0.2, 0.25) is 0 Å². The highest BCUT2D eigenvalue weighted by Crippen LogP contribution is 2.40. The van der Waals surface area contributed by atoms with Gasteiger partial charge in [-0.05, 0) is 43.0 Å². The van der Waals surface area contributed by atoms with E-state index in [9.17, 15) is 5.11 Å². The number of halogens is 1. The molecule has 3 aromatic rings. The van der Waals surface area contributed by atoms with Crippen molar-refractivity contribution in [3.63, 3.8) is 0 Å². The number of para-hydroxylation sites is 1. The van der Waals surface area contributed by atoms with Gasteiger partial charge in [-0.2, -0.15) is 0 Å². The molecule has 0 radical (unpaired) electrons. The minimum Gasteiger partial charge on any atom is -0.457 e. The summed E-state index contributed by atoms with van der Waals surface area (Å²) in [6.45, 7) is 0. The van der Waals surface area contributed by atoms with Crippen LogP contribution in [0.2, 0.25) is 5.02 Å². The van der Waals surface area contributed by atoms with Gasteiger partial charge in [-0.3, -0.25) is 0 Å². The summed E-state index contributed by atoms with van der Waals surface area (Å²) in [5.74, 6) is 2.19. The van der Waals surface area contributed by atoms with Crippen LogP contribution >= 0.6 is 21.6 Å². The van der Waals surface area contributed by atoms with E-state index in [1.54, 1.807) is 6.07 Å². The molecule has 0 saturated carbocycles. The number of hydrogen-bond donors (Lipinski definition) is 2. The van der Waals surface area contributed by atoms with Crippen molar-refractivity contribution in [2.45, 2.75) is 6.10 Å². The smallest absolute Gasteiger partial charge is 0.138 e. The summed E-state index contributed by atoms with van der Waals surface area (Å²) in [7, 11) is -0.803. The van der Waals surface area contributed by atoms with Gasteiger partial charge in [0, 0.05) is 27.9 Å². The zero-order valence-corrected chi connectivity index (χ0v) is 15.6. The first kappa shape index (κ1) is 17.2. The number of benzene rings is 2. The molecule has 0 saturated heterocycles. The molecule has 3 nitrogen and oxygen atoms in total. The molecule has 0 aliphatic rings. The van der Waals surface area contributed by atoms with E-state index in [0.717, 1.165) is 28.1 Å². The molecule has 1 heterocycles. The zero-order chi connectivity index (χ0) is 17.3. The van der Waals surface area contributed by atoms with E-state index >= 15 is 0 Å². The van der Waals surface area contributed by atoms with E-state index < -0.39 is 16.1 Å². The molecule has 3 rings (SSSR count). The molecule has 0 amide bonds. The highest BCUT2D eigenvalue weighted by Gasteiger charge is 2.18. The Morgan fingerprint density at radius 2 is 1.83 bits per heavy atom. The summed E-state index contributed by atoms with van der Waals surface area (Å²) in [5.41, 5.74) is 1.67. The molecule has 0 bridgehead atoms. The van der Waals surface area contributed by atoms with Crippen LogP contribution in [0.4, 0.5) is 0 Å². The van der Waals surface area contributed by atoms with Crippen LogP contribution in [0, 0.1) is 0 Å². The Morgan fingerprint density at radius 1 is 1.12 bits per heavy atom. The third-order valence-electron chi connectivity index (χ3n) is 3.67. The van der Waals surface area contributed by atoms with Gasteiger partial charge in [0.05, 0.1) is 5.52 Å². The second kappa shape index (κ2) is 6.71. The van der Waals surface area contributed by atoms with Crippen molar-refractivity contribution in [2.75, 3.05) is 24.5 Å². The molecule has 2 N–H and O–H groups in total. The van der Waals surface area contributed by atoms with Gasteiger partial charge in [0.25, 0.3) is 0 Å². The lowest BCUT2D eigenvalue weighted by molar-refractivity contribution is 0.199. The summed E-state index contributed by atoms with van der Waals surface area (Å²) in [5, 5.41) is 12.0. The van der Waals surface area contributed by atoms with Crippen LogP contribution in [0.1, 0.15) is 11.8 Å². The van der Waals surface area contributed by atoms with Crippen LogP contribution in [0.15, 0.2) is 48.5 Å². The van der Waals surface area contributed by atoms with Crippen LogP contribution in [0.5, 0.6) is 11.5 Å². The van der Waals surface area contributed by atoms with Gasteiger partial charge in [0.1, 0.15) is 17.6 Å². The van der Waals surface area contributed by atoms with Gasteiger partial charge in [-0.15, -0.1) is 0 Å². The molecule has 1 atom stereocenters. The molecular formula is C19H22ClNO2S. The lowest BCUT2D eigenvalue weighted by Gasteiger charge is -2.27. The average molecular weight is 364 g/mol. The maximum atomic E-state index is 10.5. The number of aromatic nitrogens is 1. The third kappa shape index (κ3) is 4.07. The second-order valence-corrected chi connectivity index (χ2v) is 11.7. The minimum atomic E-state index is -0.803. The molecule has 0 aliphatic carbocycles. The summed E-state index contributed by atoms with van der Waals surface area (Å²) < 4.78 is 5.99. The fraction of sp³-hybridized carbons (Fsp3) is 0.263. The number of ether oxygens (including phenoxy) is 1. The number of rotatable bonds is 5. The molecular weight excluding hydrogens is 342 g/mol. The maximum absolute atomic E-state index is 10.5. The Morgan fingerprint density at radius 3 is 2.50 bits per heavy atom. The van der Waals surface area contributed by atoms with Crippen LogP contribution in [0.3, 0.4) is 0 Å². The van der Waals surface area contributed by atoms with Crippen molar-refractivity contribution in [2.24, 2.45) is 0 Å². The van der Waals surface area contributed by atoms with Crippen molar-refractivity contribution < 1.29 is 9.84 Å². The first-order valence-electron chi connectivity index (χ1n) is 7.71. The van der Waals surface area contributed by atoms with Gasteiger partial charge < -0.3 is 14.8 Å². The van der Waals surface area contributed by atoms with Crippen molar-refractivity contribution in [1.29, 1.82) is 0 Å². The lowest BCUT2D eigenvalue weighted by atomic mass is 10.2. The van der Waals surface area contributed by atoms with Gasteiger partial charge in [0.15, 0.2) is 0 Å². The first-order chi connectivity index (χ1) is 11.3. The molecule has 128 valence electrons. The van der Waals surface area contributed by atoms with Crippen LogP contribution in [0.25, 0.3) is 10.9 Å². The normalized spacial score (nSPS) is 13.9. The Bertz CT molecular complexity index is 840. The Kier molecular flexibility index (Phi) is 4.81. The summed E-state index contributed by atoms with van der Waals surface area (Å²) in [4.78, 5) is 3.28. The van der Waals surface area contributed by atoms with Crippen molar-refractivity contribution in [1.82, 2.24) is 4.98 Å². The van der Waals surface area contributed by atoms with E-state index in [1.807, 2.05) is 42.5 Å². The third-order valence-corrected chi connectivity index (χ3v) is 5.21. The summed E-state index contributed by atoms with van der Waals surface area (Å²) in [6.07, 6.45) is 6.06. The Balaban J connectivity index is 1.98. The number of aromatic amines is 1. The fourth-order valence-corrected chi connectivity index (χ4v) is 3.97. The van der Waals surface area contributed by atoms with Crippen LogP contribution in [-0.4, -0.2) is 34.6 Å². The number of H-pyrrole nitrogens is 1. The molecule has 0 spiro atoms. The van der Waals surface area contributed by atoms with Crippen molar-refractivity contribution >= 4 is 32.5 Å². The zero-order valence-electron chi connectivity index (χ0n) is 14.0. The van der Waals surface area contributed by atoms with E-state index in [0.29, 0.717) is 10.8 Å². The highest BCUT2D eigenvalue weighted by atomic mass is 35.5. The van der Waals surface area contributed by atoms with Gasteiger partial charge in [-0.25, -0.2) is 10.0 Å². The topological polar surface area (TPSA) is 45.2 Å². The summed E-state index contributed by atoms with van der Waals surface area (Å²) >= 11 is 6.23. The highest BCUT2D eigenvalue weighted by molar-refractivity contribution is 8.32. The number of aliphatic hydroxyl groups is 1. The van der Waals surface area contributed by atoms with Crippen LogP contribution in [-0.2, 0) is 0 Å². The second-order valence-electron chi connectivity index (χ2n) is 6.78. The number of nitrogens with one attached hydrogen (secondary N) is 1. The predicted molar refractivity (Wildman–Crippen MR) is 105 cm³/mol. The van der Waals surface area contributed by atoms with E-state index in [-0.39, 0.29) is 0 Å². The first-order valence-corrected chi connectivity index (χ1v) is 11.1. The SMILES string of the molecule is CS(C)(C)CC(O)c1cc2c(Oc3ccccc3)cc(Cl)cc2[nH]1. The standard InChI is InChI=1S/C19H22ClNO2S/c1-24(2,3)12-18(22)17-11-15-16(21-17)9-13(20)10-19(15)23-14-7-5-4-6-8-14/h4-11,18,21-22H,12H2,1-3H3.